The zero-order valence-electron chi connectivity index (χ0n) is 14.6. The summed E-state index contributed by atoms with van der Waals surface area (Å²) in [7, 11) is 4.66. The Morgan fingerprint density at radius 3 is 2.38 bits per heavy atom. The van der Waals surface area contributed by atoms with Crippen molar-refractivity contribution in [3.8, 4) is 28.5 Å². The molecule has 0 bridgehead atoms. The van der Waals surface area contributed by atoms with E-state index in [1.54, 1.807) is 51.9 Å². The topological polar surface area (TPSA) is 77.9 Å². The average Bonchev–Trinajstić information content (AvgIpc) is 3.15. The van der Waals surface area contributed by atoms with Gasteiger partial charge in [0.1, 0.15) is 5.65 Å². The molecule has 1 aromatic carbocycles. The van der Waals surface area contributed by atoms with E-state index < -0.39 is 0 Å². The number of pyridine rings is 2. The number of aromatic nitrogens is 3. The molecule has 4 aromatic rings. The molecule has 132 valence electrons. The van der Waals surface area contributed by atoms with Crippen molar-refractivity contribution in [1.29, 1.82) is 0 Å². The molecule has 0 amide bonds. The number of imidazole rings is 1. The Kier molecular flexibility index (Phi) is 3.76. The minimum Gasteiger partial charge on any atom is -0.493 e. The first-order valence-corrected chi connectivity index (χ1v) is 7.95. The van der Waals surface area contributed by atoms with Crippen molar-refractivity contribution in [2.45, 2.75) is 0 Å². The van der Waals surface area contributed by atoms with Crippen molar-refractivity contribution in [3.05, 3.63) is 53.1 Å². The lowest BCUT2D eigenvalue weighted by atomic mass is 10.1. The lowest BCUT2D eigenvalue weighted by Crippen LogP contribution is -2.05. The van der Waals surface area contributed by atoms with Crippen LogP contribution in [0.2, 0.25) is 0 Å². The molecule has 26 heavy (non-hydrogen) atoms. The normalized spacial score (nSPS) is 11.0. The third-order valence-corrected chi connectivity index (χ3v) is 4.33. The second-order valence-corrected chi connectivity index (χ2v) is 5.72. The van der Waals surface area contributed by atoms with Crippen LogP contribution >= 0.6 is 0 Å². The monoisotopic (exact) mass is 351 g/mol. The van der Waals surface area contributed by atoms with Crippen LogP contribution in [0.1, 0.15) is 0 Å². The van der Waals surface area contributed by atoms with Crippen LogP contribution in [0, 0.1) is 0 Å². The maximum Gasteiger partial charge on any atom is 0.203 e. The summed E-state index contributed by atoms with van der Waals surface area (Å²) in [6.45, 7) is 0. The second kappa shape index (κ2) is 6.11. The van der Waals surface area contributed by atoms with Crippen LogP contribution in [0.4, 0.5) is 0 Å². The number of nitrogens with one attached hydrogen (secondary N) is 1. The van der Waals surface area contributed by atoms with Crippen LogP contribution in [0.15, 0.2) is 47.7 Å². The molecule has 3 heterocycles. The Labute approximate surface area is 148 Å². The van der Waals surface area contributed by atoms with Crippen molar-refractivity contribution in [2.75, 3.05) is 21.3 Å². The van der Waals surface area contributed by atoms with E-state index in [0.29, 0.717) is 39.5 Å². The summed E-state index contributed by atoms with van der Waals surface area (Å²) in [4.78, 5) is 20.3. The minimum absolute atomic E-state index is 0.112. The number of fused-ring (bicyclic) bond motifs is 3. The first kappa shape index (κ1) is 16.0. The molecule has 0 fully saturated rings. The van der Waals surface area contributed by atoms with Gasteiger partial charge in [0.2, 0.25) is 5.75 Å². The van der Waals surface area contributed by atoms with E-state index in [0.717, 1.165) is 5.56 Å². The van der Waals surface area contributed by atoms with Crippen LogP contribution in [0.3, 0.4) is 0 Å². The van der Waals surface area contributed by atoms with Crippen molar-refractivity contribution < 1.29 is 14.2 Å². The van der Waals surface area contributed by atoms with Crippen molar-refractivity contribution in [1.82, 2.24) is 14.4 Å². The highest BCUT2D eigenvalue weighted by Crippen LogP contribution is 2.40. The fourth-order valence-electron chi connectivity index (χ4n) is 3.11. The number of hydrogen-bond donors (Lipinski definition) is 1. The molecule has 4 rings (SSSR count). The first-order valence-electron chi connectivity index (χ1n) is 7.95. The van der Waals surface area contributed by atoms with Crippen LogP contribution < -0.4 is 19.6 Å². The highest BCUT2D eigenvalue weighted by Gasteiger charge is 2.16. The van der Waals surface area contributed by atoms with E-state index >= 15 is 0 Å². The lowest BCUT2D eigenvalue weighted by Gasteiger charge is -2.14. The van der Waals surface area contributed by atoms with Gasteiger partial charge in [0.25, 0.3) is 0 Å². The maximum absolute atomic E-state index is 12.8. The van der Waals surface area contributed by atoms with Gasteiger partial charge < -0.3 is 23.6 Å². The van der Waals surface area contributed by atoms with Crippen molar-refractivity contribution in [2.24, 2.45) is 0 Å². The molecule has 7 nitrogen and oxygen atoms in total. The molecule has 0 saturated heterocycles. The Balaban J connectivity index is 1.97. The zero-order valence-corrected chi connectivity index (χ0v) is 14.6. The summed E-state index contributed by atoms with van der Waals surface area (Å²) >= 11 is 0. The second-order valence-electron chi connectivity index (χ2n) is 5.72. The Bertz CT molecular complexity index is 1150. The van der Waals surface area contributed by atoms with Gasteiger partial charge in [0, 0.05) is 35.9 Å². The van der Waals surface area contributed by atoms with Gasteiger partial charge in [0.15, 0.2) is 16.9 Å². The summed E-state index contributed by atoms with van der Waals surface area (Å²) in [5.41, 5.74) is 2.62. The molecule has 7 heteroatoms. The largest absolute Gasteiger partial charge is 0.493 e. The number of aromatic amines is 1. The molecule has 0 saturated carbocycles. The van der Waals surface area contributed by atoms with E-state index in [4.69, 9.17) is 14.2 Å². The molecule has 0 radical (unpaired) electrons. The summed E-state index contributed by atoms with van der Waals surface area (Å²) in [5, 5.41) is 0.550. The first-order chi connectivity index (χ1) is 12.7. The Morgan fingerprint density at radius 1 is 1.00 bits per heavy atom. The van der Waals surface area contributed by atoms with Gasteiger partial charge in [-0.05, 0) is 18.2 Å². The molecular formula is C19H17N3O4. The zero-order chi connectivity index (χ0) is 18.3. The van der Waals surface area contributed by atoms with E-state index in [9.17, 15) is 4.79 Å². The quantitative estimate of drug-likeness (QED) is 0.612. The fraction of sp³-hybridized carbons (Fsp3) is 0.158. The van der Waals surface area contributed by atoms with Gasteiger partial charge in [-0.1, -0.05) is 0 Å². The number of rotatable bonds is 4. The third-order valence-electron chi connectivity index (χ3n) is 4.33. The van der Waals surface area contributed by atoms with Crippen LogP contribution in [-0.2, 0) is 0 Å². The number of methoxy groups -OCH3 is 3. The van der Waals surface area contributed by atoms with Gasteiger partial charge in [-0.3, -0.25) is 4.79 Å². The lowest BCUT2D eigenvalue weighted by molar-refractivity contribution is 0.324. The number of benzene rings is 1. The predicted octanol–water partition coefficient (Wildman–Crippen LogP) is 2.87. The number of hydrogen-bond acceptors (Lipinski definition) is 5. The molecular weight excluding hydrogens is 334 g/mol. The molecule has 1 N–H and O–H groups in total. The van der Waals surface area contributed by atoms with Gasteiger partial charge in [-0.25, -0.2) is 4.98 Å². The summed E-state index contributed by atoms with van der Waals surface area (Å²) in [6.07, 6.45) is 5.34. The number of H-pyrrole nitrogens is 1. The molecule has 0 atom stereocenters. The van der Waals surface area contributed by atoms with Crippen molar-refractivity contribution in [3.63, 3.8) is 0 Å². The van der Waals surface area contributed by atoms with Crippen LogP contribution in [0.25, 0.3) is 27.8 Å². The predicted molar refractivity (Wildman–Crippen MR) is 98.4 cm³/mol. The van der Waals surface area contributed by atoms with Gasteiger partial charge >= 0.3 is 0 Å². The molecule has 3 aromatic heterocycles. The fourth-order valence-corrected chi connectivity index (χ4v) is 3.11. The summed E-state index contributed by atoms with van der Waals surface area (Å²) in [5.74, 6) is 1.54. The van der Waals surface area contributed by atoms with Gasteiger partial charge in [-0.2, -0.15) is 0 Å². The van der Waals surface area contributed by atoms with E-state index in [1.165, 1.54) is 0 Å². The van der Waals surface area contributed by atoms with Gasteiger partial charge in [-0.15, -0.1) is 0 Å². The van der Waals surface area contributed by atoms with Crippen LogP contribution in [0.5, 0.6) is 17.2 Å². The smallest absolute Gasteiger partial charge is 0.203 e. The van der Waals surface area contributed by atoms with E-state index in [1.807, 2.05) is 16.7 Å². The Hall–Kier alpha value is -3.48. The average molecular weight is 351 g/mol. The SMILES string of the molecule is COc1cc(-c2cc(=O)c3c(ccn4ccnc34)[nH]2)cc(OC)c1OC. The van der Waals surface area contributed by atoms with Crippen molar-refractivity contribution >= 4 is 16.6 Å². The Morgan fingerprint density at radius 2 is 1.73 bits per heavy atom. The molecule has 0 aliphatic carbocycles. The number of ether oxygens (including phenoxy) is 3. The molecule has 0 aliphatic rings. The maximum atomic E-state index is 12.8. The third kappa shape index (κ3) is 2.36. The molecule has 0 unspecified atom stereocenters. The standard InChI is InChI=1S/C19H17N3O4/c1-24-15-8-11(9-16(25-2)18(15)26-3)13-10-14(23)17-12(21-13)4-6-22-7-5-20-19(17)22/h4-10H,1-3H3,(H,21,23). The summed E-state index contributed by atoms with van der Waals surface area (Å²) < 4.78 is 18.0. The minimum atomic E-state index is -0.112. The highest BCUT2D eigenvalue weighted by atomic mass is 16.5. The highest BCUT2D eigenvalue weighted by molar-refractivity contribution is 5.92. The van der Waals surface area contributed by atoms with Gasteiger partial charge in [0.05, 0.1) is 32.2 Å². The molecule has 0 spiro atoms. The summed E-state index contributed by atoms with van der Waals surface area (Å²) in [6, 6.07) is 7.00. The van der Waals surface area contributed by atoms with E-state index in [-0.39, 0.29) is 5.43 Å². The molecule has 0 aliphatic heterocycles. The van der Waals surface area contributed by atoms with Crippen LogP contribution in [-0.4, -0.2) is 35.7 Å². The van der Waals surface area contributed by atoms with E-state index in [2.05, 4.69) is 9.97 Å². The number of nitrogens with zero attached hydrogens (tertiary/aromatic N) is 2.